The number of likely N-dealkylation sites (tertiary alicyclic amines) is 1. The Morgan fingerprint density at radius 2 is 2.30 bits per heavy atom. The SMILES string of the molecule is CCCNc1c(F)cccc1C(=O)N1CC2CCC1C2. The number of benzene rings is 1. The summed E-state index contributed by atoms with van der Waals surface area (Å²) in [6.07, 6.45) is 4.36. The van der Waals surface area contributed by atoms with E-state index in [1.807, 2.05) is 11.8 Å². The molecule has 1 saturated carbocycles. The van der Waals surface area contributed by atoms with Gasteiger partial charge in [0.1, 0.15) is 5.82 Å². The summed E-state index contributed by atoms with van der Waals surface area (Å²) in [5.74, 6) is 0.300. The van der Waals surface area contributed by atoms with Crippen LogP contribution >= 0.6 is 0 Å². The Morgan fingerprint density at radius 3 is 2.95 bits per heavy atom. The van der Waals surface area contributed by atoms with E-state index in [0.29, 0.717) is 29.8 Å². The van der Waals surface area contributed by atoms with Crippen LogP contribution in [0.3, 0.4) is 0 Å². The number of hydrogen-bond acceptors (Lipinski definition) is 2. The highest BCUT2D eigenvalue weighted by molar-refractivity contribution is 6.00. The van der Waals surface area contributed by atoms with E-state index >= 15 is 0 Å². The van der Waals surface area contributed by atoms with Crippen LogP contribution in [0, 0.1) is 11.7 Å². The zero-order chi connectivity index (χ0) is 14.1. The molecule has 0 radical (unpaired) electrons. The van der Waals surface area contributed by atoms with Crippen molar-refractivity contribution in [1.29, 1.82) is 0 Å². The summed E-state index contributed by atoms with van der Waals surface area (Å²) in [7, 11) is 0. The van der Waals surface area contributed by atoms with Gasteiger partial charge in [0, 0.05) is 19.1 Å². The topological polar surface area (TPSA) is 32.3 Å². The van der Waals surface area contributed by atoms with Gasteiger partial charge in [-0.1, -0.05) is 13.0 Å². The second kappa shape index (κ2) is 5.43. The van der Waals surface area contributed by atoms with E-state index in [0.717, 1.165) is 25.8 Å². The lowest BCUT2D eigenvalue weighted by molar-refractivity contribution is 0.0704. The molecule has 2 aliphatic rings. The molecular weight excluding hydrogens is 255 g/mol. The molecule has 1 aromatic carbocycles. The number of carbonyl (C=O) groups excluding carboxylic acids is 1. The van der Waals surface area contributed by atoms with E-state index in [-0.39, 0.29) is 11.7 Å². The first kappa shape index (κ1) is 13.4. The average Bonchev–Trinajstić information content (AvgIpc) is 3.07. The Morgan fingerprint density at radius 1 is 1.45 bits per heavy atom. The number of amides is 1. The Bertz CT molecular complexity index is 517. The van der Waals surface area contributed by atoms with Crippen molar-refractivity contribution in [2.24, 2.45) is 5.92 Å². The fourth-order valence-corrected chi connectivity index (χ4v) is 3.46. The van der Waals surface area contributed by atoms with Crippen LogP contribution in [0.4, 0.5) is 10.1 Å². The Hall–Kier alpha value is -1.58. The third kappa shape index (κ3) is 2.28. The highest BCUT2D eigenvalue weighted by atomic mass is 19.1. The van der Waals surface area contributed by atoms with Gasteiger partial charge < -0.3 is 10.2 Å². The monoisotopic (exact) mass is 276 g/mol. The van der Waals surface area contributed by atoms with Crippen LogP contribution in [-0.2, 0) is 0 Å². The maximum Gasteiger partial charge on any atom is 0.256 e. The number of carbonyl (C=O) groups is 1. The summed E-state index contributed by atoms with van der Waals surface area (Å²) in [6.45, 7) is 3.54. The lowest BCUT2D eigenvalue weighted by Crippen LogP contribution is -2.38. The summed E-state index contributed by atoms with van der Waals surface area (Å²) in [5.41, 5.74) is 0.841. The maximum absolute atomic E-state index is 14.0. The first-order valence-electron chi connectivity index (χ1n) is 7.54. The third-order valence-corrected chi connectivity index (χ3v) is 4.47. The van der Waals surface area contributed by atoms with Crippen LogP contribution in [0.15, 0.2) is 18.2 Å². The van der Waals surface area contributed by atoms with Crippen LogP contribution in [0.1, 0.15) is 43.0 Å². The van der Waals surface area contributed by atoms with Crippen LogP contribution in [0.25, 0.3) is 0 Å². The van der Waals surface area contributed by atoms with Gasteiger partial charge in [0.25, 0.3) is 5.91 Å². The van der Waals surface area contributed by atoms with Crippen LogP contribution in [0.5, 0.6) is 0 Å². The quantitative estimate of drug-likeness (QED) is 0.915. The smallest absolute Gasteiger partial charge is 0.256 e. The molecule has 0 aromatic heterocycles. The molecule has 20 heavy (non-hydrogen) atoms. The number of halogens is 1. The highest BCUT2D eigenvalue weighted by Gasteiger charge is 2.41. The molecule has 2 fully saturated rings. The molecule has 2 bridgehead atoms. The zero-order valence-electron chi connectivity index (χ0n) is 11.9. The second-order valence-corrected chi connectivity index (χ2v) is 5.88. The number of nitrogens with one attached hydrogen (secondary N) is 1. The second-order valence-electron chi connectivity index (χ2n) is 5.88. The molecule has 3 rings (SSSR count). The van der Waals surface area contributed by atoms with Gasteiger partial charge in [-0.2, -0.15) is 0 Å². The number of hydrogen-bond donors (Lipinski definition) is 1. The molecule has 1 amide bonds. The molecule has 1 N–H and O–H groups in total. The van der Waals surface area contributed by atoms with Gasteiger partial charge in [-0.05, 0) is 43.7 Å². The predicted molar refractivity (Wildman–Crippen MR) is 77.3 cm³/mol. The largest absolute Gasteiger partial charge is 0.382 e. The molecule has 3 nitrogen and oxygen atoms in total. The van der Waals surface area contributed by atoms with Crippen molar-refractivity contribution in [1.82, 2.24) is 4.90 Å². The van der Waals surface area contributed by atoms with Crippen molar-refractivity contribution in [2.45, 2.75) is 38.6 Å². The number of anilines is 1. The Kier molecular flexibility index (Phi) is 3.64. The fraction of sp³-hybridized carbons (Fsp3) is 0.562. The molecule has 1 aliphatic carbocycles. The summed E-state index contributed by atoms with van der Waals surface area (Å²) in [6, 6.07) is 5.13. The molecule has 4 heteroatoms. The predicted octanol–water partition coefficient (Wildman–Crippen LogP) is 3.27. The van der Waals surface area contributed by atoms with Crippen LogP contribution < -0.4 is 5.32 Å². The van der Waals surface area contributed by atoms with Crippen molar-refractivity contribution < 1.29 is 9.18 Å². The minimum atomic E-state index is -0.339. The number of fused-ring (bicyclic) bond motifs is 2. The number of para-hydroxylation sites is 1. The molecular formula is C16H21FN2O. The van der Waals surface area contributed by atoms with Gasteiger partial charge in [-0.15, -0.1) is 0 Å². The molecule has 1 aliphatic heterocycles. The molecule has 2 unspecified atom stereocenters. The van der Waals surface area contributed by atoms with Gasteiger partial charge in [-0.3, -0.25) is 4.79 Å². The molecule has 1 heterocycles. The van der Waals surface area contributed by atoms with Crippen molar-refractivity contribution in [3.05, 3.63) is 29.6 Å². The highest BCUT2D eigenvalue weighted by Crippen LogP contribution is 2.38. The summed E-state index contributed by atoms with van der Waals surface area (Å²) in [4.78, 5) is 14.6. The lowest BCUT2D eigenvalue weighted by atomic mass is 10.1. The van der Waals surface area contributed by atoms with Gasteiger partial charge in [-0.25, -0.2) is 4.39 Å². The van der Waals surface area contributed by atoms with E-state index in [2.05, 4.69) is 5.32 Å². The van der Waals surface area contributed by atoms with E-state index in [9.17, 15) is 9.18 Å². The Labute approximate surface area is 119 Å². The van der Waals surface area contributed by atoms with Gasteiger partial charge in [0.05, 0.1) is 11.3 Å². The zero-order valence-corrected chi connectivity index (χ0v) is 11.9. The van der Waals surface area contributed by atoms with Crippen LogP contribution in [-0.4, -0.2) is 29.9 Å². The normalized spacial score (nSPS) is 24.2. The minimum Gasteiger partial charge on any atom is -0.382 e. The standard InChI is InChI=1S/C16H21FN2O/c1-2-8-18-15-13(4-3-5-14(15)17)16(20)19-10-11-6-7-12(19)9-11/h3-5,11-12,18H,2,6-10H2,1H3. The van der Waals surface area contributed by atoms with Crippen molar-refractivity contribution in [2.75, 3.05) is 18.4 Å². The molecule has 2 atom stereocenters. The van der Waals surface area contributed by atoms with Crippen LogP contribution in [0.2, 0.25) is 0 Å². The van der Waals surface area contributed by atoms with Crippen molar-refractivity contribution in [3.63, 3.8) is 0 Å². The van der Waals surface area contributed by atoms with Gasteiger partial charge in [0.2, 0.25) is 0 Å². The number of piperidine rings is 1. The molecule has 108 valence electrons. The van der Waals surface area contributed by atoms with Crippen molar-refractivity contribution in [3.8, 4) is 0 Å². The van der Waals surface area contributed by atoms with Crippen molar-refractivity contribution >= 4 is 11.6 Å². The number of rotatable bonds is 4. The van der Waals surface area contributed by atoms with E-state index in [4.69, 9.17) is 0 Å². The average molecular weight is 276 g/mol. The first-order valence-corrected chi connectivity index (χ1v) is 7.54. The summed E-state index contributed by atoms with van der Waals surface area (Å²) >= 11 is 0. The Balaban J connectivity index is 1.85. The van der Waals surface area contributed by atoms with E-state index in [1.54, 1.807) is 12.1 Å². The lowest BCUT2D eigenvalue weighted by Gasteiger charge is -2.28. The molecule has 1 aromatic rings. The minimum absolute atomic E-state index is 0.0182. The van der Waals surface area contributed by atoms with E-state index in [1.165, 1.54) is 12.5 Å². The summed E-state index contributed by atoms with van der Waals surface area (Å²) in [5, 5.41) is 3.06. The fourth-order valence-electron chi connectivity index (χ4n) is 3.46. The van der Waals surface area contributed by atoms with Gasteiger partial charge >= 0.3 is 0 Å². The molecule has 1 saturated heterocycles. The first-order chi connectivity index (χ1) is 9.70. The van der Waals surface area contributed by atoms with Gasteiger partial charge in [0.15, 0.2) is 0 Å². The van der Waals surface area contributed by atoms with E-state index < -0.39 is 0 Å². The maximum atomic E-state index is 14.0. The molecule has 0 spiro atoms. The third-order valence-electron chi connectivity index (χ3n) is 4.47. The number of nitrogens with zero attached hydrogens (tertiary/aromatic N) is 1. The summed E-state index contributed by atoms with van der Waals surface area (Å²) < 4.78 is 14.0.